The molecule has 0 unspecified atom stereocenters. The van der Waals surface area contributed by atoms with Gasteiger partial charge in [-0.05, 0) is 24.6 Å². The normalized spacial score (nSPS) is 15.0. The number of ether oxygens (including phenoxy) is 1. The van der Waals surface area contributed by atoms with Crippen LogP contribution in [0.4, 0.5) is 0 Å². The number of hydrogen-bond acceptors (Lipinski definition) is 2. The van der Waals surface area contributed by atoms with E-state index in [1.165, 1.54) is 11.3 Å². The van der Waals surface area contributed by atoms with E-state index in [4.69, 9.17) is 4.74 Å². The fourth-order valence-corrected chi connectivity index (χ4v) is 1.41. The van der Waals surface area contributed by atoms with Crippen LogP contribution in [0, 0.1) is 0 Å². The molecule has 1 aromatic carbocycles. The van der Waals surface area contributed by atoms with Gasteiger partial charge in [0.2, 0.25) is 0 Å². The van der Waals surface area contributed by atoms with Crippen molar-refractivity contribution in [3.05, 3.63) is 59.5 Å². The number of hydrogen-bond donors (Lipinski definition) is 1. The van der Waals surface area contributed by atoms with Gasteiger partial charge in [0, 0.05) is 5.70 Å². The van der Waals surface area contributed by atoms with E-state index >= 15 is 0 Å². The van der Waals surface area contributed by atoms with Gasteiger partial charge in [0.05, 0.1) is 6.54 Å². The molecule has 0 saturated carbocycles. The van der Waals surface area contributed by atoms with Crippen LogP contribution in [0.1, 0.15) is 12.5 Å². The number of rotatable bonds is 3. The number of allylic oxidation sites excluding steroid dienone is 3. The van der Waals surface area contributed by atoms with Gasteiger partial charge in [0.15, 0.2) is 0 Å². The molecule has 1 aliphatic rings. The lowest BCUT2D eigenvalue weighted by Crippen LogP contribution is -2.19. The molecule has 2 heteroatoms. The Kier molecular flexibility index (Phi) is 3.08. The molecule has 0 atom stereocenters. The lowest BCUT2D eigenvalue weighted by molar-refractivity contribution is 0.192. The summed E-state index contributed by atoms with van der Waals surface area (Å²) in [6.45, 7) is 3.47. The molecule has 0 amide bonds. The van der Waals surface area contributed by atoms with Crippen molar-refractivity contribution < 1.29 is 4.74 Å². The highest BCUT2D eigenvalue weighted by molar-refractivity contribution is 5.20. The van der Waals surface area contributed by atoms with E-state index in [0.29, 0.717) is 6.61 Å². The van der Waals surface area contributed by atoms with Crippen LogP contribution >= 0.6 is 0 Å². The van der Waals surface area contributed by atoms with Crippen molar-refractivity contribution in [3.8, 4) is 0 Å². The Morgan fingerprint density at radius 3 is 2.67 bits per heavy atom. The Morgan fingerprint density at radius 2 is 2.00 bits per heavy atom. The van der Waals surface area contributed by atoms with Crippen LogP contribution in [0.15, 0.2) is 53.9 Å². The minimum Gasteiger partial charge on any atom is -0.491 e. The van der Waals surface area contributed by atoms with Gasteiger partial charge >= 0.3 is 0 Å². The molecular weight excluding hydrogens is 186 g/mol. The Balaban J connectivity index is 1.89. The van der Waals surface area contributed by atoms with E-state index in [0.717, 1.165) is 12.3 Å². The average molecular weight is 201 g/mol. The van der Waals surface area contributed by atoms with Crippen LogP contribution in [-0.2, 0) is 11.3 Å². The summed E-state index contributed by atoms with van der Waals surface area (Å²) in [7, 11) is 0. The summed E-state index contributed by atoms with van der Waals surface area (Å²) in [5, 5.41) is 3.24. The third-order valence-electron chi connectivity index (χ3n) is 2.33. The van der Waals surface area contributed by atoms with Crippen molar-refractivity contribution in [1.82, 2.24) is 5.32 Å². The molecule has 78 valence electrons. The minimum absolute atomic E-state index is 0.640. The molecule has 1 N–H and O–H groups in total. The molecule has 1 aromatic rings. The van der Waals surface area contributed by atoms with Gasteiger partial charge in [-0.25, -0.2) is 0 Å². The number of nitrogens with one attached hydrogen (secondary N) is 1. The molecule has 2 rings (SSSR count). The third kappa shape index (κ3) is 2.88. The SMILES string of the molecule is CC1=CC=C(OCc2ccccc2)CN1. The van der Waals surface area contributed by atoms with Gasteiger partial charge in [0.1, 0.15) is 12.4 Å². The number of benzene rings is 1. The molecule has 15 heavy (non-hydrogen) atoms. The Labute approximate surface area is 90.3 Å². The van der Waals surface area contributed by atoms with Gasteiger partial charge in [0.25, 0.3) is 0 Å². The first-order chi connectivity index (χ1) is 7.34. The van der Waals surface area contributed by atoms with Crippen molar-refractivity contribution in [3.63, 3.8) is 0 Å². The van der Waals surface area contributed by atoms with Crippen molar-refractivity contribution in [1.29, 1.82) is 0 Å². The quantitative estimate of drug-likeness (QED) is 0.811. The summed E-state index contributed by atoms with van der Waals surface area (Å²) in [5.74, 6) is 0.990. The van der Waals surface area contributed by atoms with Gasteiger partial charge < -0.3 is 10.1 Å². The first-order valence-corrected chi connectivity index (χ1v) is 5.12. The summed E-state index contributed by atoms with van der Waals surface area (Å²) in [5.41, 5.74) is 2.38. The predicted octanol–water partition coefficient (Wildman–Crippen LogP) is 2.59. The molecule has 0 bridgehead atoms. The maximum Gasteiger partial charge on any atom is 0.116 e. The third-order valence-corrected chi connectivity index (χ3v) is 2.33. The summed E-state index contributed by atoms with van der Waals surface area (Å²) in [4.78, 5) is 0. The molecule has 0 aliphatic carbocycles. The zero-order chi connectivity index (χ0) is 10.5. The fourth-order valence-electron chi connectivity index (χ4n) is 1.41. The van der Waals surface area contributed by atoms with Crippen LogP contribution in [0.3, 0.4) is 0 Å². The Hall–Kier alpha value is -1.70. The standard InChI is InChI=1S/C13H15NO/c1-11-7-8-13(9-14-11)15-10-12-5-3-2-4-6-12/h2-8,14H,9-10H2,1H3. The first-order valence-electron chi connectivity index (χ1n) is 5.12. The molecule has 0 radical (unpaired) electrons. The lowest BCUT2D eigenvalue weighted by atomic mass is 10.2. The highest BCUT2D eigenvalue weighted by Crippen LogP contribution is 2.08. The zero-order valence-electron chi connectivity index (χ0n) is 8.86. The van der Waals surface area contributed by atoms with Crippen LogP contribution in [0.2, 0.25) is 0 Å². The molecule has 0 fully saturated rings. The largest absolute Gasteiger partial charge is 0.491 e. The second-order valence-corrected chi connectivity index (χ2v) is 3.61. The summed E-state index contributed by atoms with van der Waals surface area (Å²) in [6, 6.07) is 10.2. The maximum atomic E-state index is 5.67. The molecule has 1 aliphatic heterocycles. The van der Waals surface area contributed by atoms with E-state index in [9.17, 15) is 0 Å². The predicted molar refractivity (Wildman–Crippen MR) is 61.1 cm³/mol. The van der Waals surface area contributed by atoms with E-state index in [2.05, 4.69) is 17.4 Å². The highest BCUT2D eigenvalue weighted by atomic mass is 16.5. The lowest BCUT2D eigenvalue weighted by Gasteiger charge is -2.15. The van der Waals surface area contributed by atoms with E-state index in [1.54, 1.807) is 0 Å². The van der Waals surface area contributed by atoms with E-state index in [1.807, 2.05) is 37.3 Å². The number of dihydropyridines is 1. The van der Waals surface area contributed by atoms with Crippen molar-refractivity contribution >= 4 is 0 Å². The molecule has 0 saturated heterocycles. The van der Waals surface area contributed by atoms with Gasteiger partial charge in [-0.2, -0.15) is 0 Å². The second-order valence-electron chi connectivity index (χ2n) is 3.61. The van der Waals surface area contributed by atoms with Gasteiger partial charge in [-0.3, -0.25) is 0 Å². The second kappa shape index (κ2) is 4.69. The van der Waals surface area contributed by atoms with Gasteiger partial charge in [-0.15, -0.1) is 0 Å². The van der Waals surface area contributed by atoms with E-state index in [-0.39, 0.29) is 0 Å². The van der Waals surface area contributed by atoms with Crippen LogP contribution in [-0.4, -0.2) is 6.54 Å². The van der Waals surface area contributed by atoms with Crippen LogP contribution < -0.4 is 5.32 Å². The highest BCUT2D eigenvalue weighted by Gasteiger charge is 2.02. The fraction of sp³-hybridized carbons (Fsp3) is 0.231. The topological polar surface area (TPSA) is 21.3 Å². The van der Waals surface area contributed by atoms with E-state index < -0.39 is 0 Å². The smallest absolute Gasteiger partial charge is 0.116 e. The summed E-state index contributed by atoms with van der Waals surface area (Å²) >= 11 is 0. The average Bonchev–Trinajstić information content (AvgIpc) is 2.30. The molecule has 0 aromatic heterocycles. The minimum atomic E-state index is 0.640. The monoisotopic (exact) mass is 201 g/mol. The Morgan fingerprint density at radius 1 is 1.20 bits per heavy atom. The van der Waals surface area contributed by atoms with Crippen LogP contribution in [0.25, 0.3) is 0 Å². The first kappa shape index (κ1) is 9.84. The molecule has 1 heterocycles. The summed E-state index contributed by atoms with van der Waals surface area (Å²) in [6.07, 6.45) is 4.05. The Bertz CT molecular complexity index is 379. The van der Waals surface area contributed by atoms with Crippen molar-refractivity contribution in [2.75, 3.05) is 6.54 Å². The van der Waals surface area contributed by atoms with Crippen LogP contribution in [0.5, 0.6) is 0 Å². The molecule has 2 nitrogen and oxygen atoms in total. The summed E-state index contributed by atoms with van der Waals surface area (Å²) < 4.78 is 5.67. The zero-order valence-corrected chi connectivity index (χ0v) is 8.86. The van der Waals surface area contributed by atoms with Crippen molar-refractivity contribution in [2.45, 2.75) is 13.5 Å². The van der Waals surface area contributed by atoms with Crippen molar-refractivity contribution in [2.24, 2.45) is 0 Å². The van der Waals surface area contributed by atoms with Gasteiger partial charge in [-0.1, -0.05) is 30.3 Å². The molecular formula is C13H15NO. The molecule has 0 spiro atoms. The maximum absolute atomic E-state index is 5.67.